The first-order valence-electron chi connectivity index (χ1n) is 4.49. The molecule has 3 atom stereocenters. The zero-order chi connectivity index (χ0) is 9.84. The standard InChI is InChI=1S/C10H14O3/c1-7-2-3-9(10(7)6-13)8(4-11)5-12/h4-7,9-11H,2-3H2,1H3/b8-4+/t7-,9+,10+/m0/s1. The highest BCUT2D eigenvalue weighted by Crippen LogP contribution is 2.38. The second-order valence-electron chi connectivity index (χ2n) is 3.62. The normalized spacial score (nSPS) is 34.5. The lowest BCUT2D eigenvalue weighted by molar-refractivity contribution is -0.112. The first kappa shape index (κ1) is 9.96. The first-order valence-corrected chi connectivity index (χ1v) is 4.49. The topological polar surface area (TPSA) is 54.4 Å². The molecule has 72 valence electrons. The smallest absolute Gasteiger partial charge is 0.149 e. The molecule has 1 saturated carbocycles. The number of carbonyl (C=O) groups excluding carboxylic acids is 2. The molecule has 0 bridgehead atoms. The Morgan fingerprint density at radius 1 is 1.38 bits per heavy atom. The van der Waals surface area contributed by atoms with Crippen molar-refractivity contribution in [1.82, 2.24) is 0 Å². The van der Waals surface area contributed by atoms with Gasteiger partial charge in [0.2, 0.25) is 0 Å². The highest BCUT2D eigenvalue weighted by atomic mass is 16.2. The number of aliphatic hydroxyl groups is 1. The number of allylic oxidation sites excluding steroid dienone is 1. The van der Waals surface area contributed by atoms with Crippen molar-refractivity contribution in [1.29, 1.82) is 0 Å². The molecule has 0 aromatic rings. The van der Waals surface area contributed by atoms with Gasteiger partial charge >= 0.3 is 0 Å². The average Bonchev–Trinajstić information content (AvgIpc) is 2.50. The van der Waals surface area contributed by atoms with Gasteiger partial charge in [0.15, 0.2) is 0 Å². The summed E-state index contributed by atoms with van der Waals surface area (Å²) in [5, 5.41) is 8.78. The largest absolute Gasteiger partial charge is 0.515 e. The van der Waals surface area contributed by atoms with Crippen LogP contribution in [0.2, 0.25) is 0 Å². The molecule has 0 aliphatic heterocycles. The van der Waals surface area contributed by atoms with Gasteiger partial charge in [0.05, 0.1) is 6.26 Å². The van der Waals surface area contributed by atoms with Gasteiger partial charge in [-0.1, -0.05) is 6.92 Å². The number of hydrogen-bond acceptors (Lipinski definition) is 3. The summed E-state index contributed by atoms with van der Waals surface area (Å²) in [5.41, 5.74) is 0.349. The average molecular weight is 182 g/mol. The predicted molar refractivity (Wildman–Crippen MR) is 48.2 cm³/mol. The molecule has 0 radical (unpaired) electrons. The van der Waals surface area contributed by atoms with Gasteiger partial charge in [0, 0.05) is 11.5 Å². The van der Waals surface area contributed by atoms with Crippen molar-refractivity contribution >= 4 is 12.6 Å². The molecule has 1 N–H and O–H groups in total. The zero-order valence-electron chi connectivity index (χ0n) is 7.64. The fourth-order valence-corrected chi connectivity index (χ4v) is 2.06. The van der Waals surface area contributed by atoms with Crippen LogP contribution in [0.15, 0.2) is 11.8 Å². The number of aliphatic hydroxyl groups excluding tert-OH is 1. The summed E-state index contributed by atoms with van der Waals surface area (Å²) in [6.07, 6.45) is 4.12. The third kappa shape index (κ3) is 1.79. The van der Waals surface area contributed by atoms with E-state index in [2.05, 4.69) is 0 Å². The SMILES string of the molecule is C[C@H]1CC[C@H](/C(C=O)=C/O)[C@@H]1C=O. The van der Waals surface area contributed by atoms with Crippen LogP contribution in [-0.2, 0) is 9.59 Å². The highest BCUT2D eigenvalue weighted by molar-refractivity contribution is 5.75. The van der Waals surface area contributed by atoms with Crippen molar-refractivity contribution in [2.75, 3.05) is 0 Å². The summed E-state index contributed by atoms with van der Waals surface area (Å²) in [7, 11) is 0. The molecular weight excluding hydrogens is 168 g/mol. The van der Waals surface area contributed by atoms with Gasteiger partial charge in [-0.25, -0.2) is 0 Å². The minimum absolute atomic E-state index is 0.0741. The number of aldehydes is 2. The Morgan fingerprint density at radius 3 is 2.54 bits per heavy atom. The van der Waals surface area contributed by atoms with Crippen LogP contribution < -0.4 is 0 Å². The Balaban J connectivity index is 2.80. The maximum absolute atomic E-state index is 10.7. The molecule has 0 unspecified atom stereocenters. The third-order valence-corrected chi connectivity index (χ3v) is 2.93. The molecule has 0 aromatic carbocycles. The second-order valence-corrected chi connectivity index (χ2v) is 3.62. The summed E-state index contributed by atoms with van der Waals surface area (Å²) in [5.74, 6) is 0.135. The molecule has 3 heteroatoms. The number of carbonyl (C=O) groups is 2. The van der Waals surface area contributed by atoms with Gasteiger partial charge < -0.3 is 9.90 Å². The van der Waals surface area contributed by atoms with Crippen LogP contribution in [0.3, 0.4) is 0 Å². The van der Waals surface area contributed by atoms with Crippen molar-refractivity contribution in [3.63, 3.8) is 0 Å². The molecule has 1 fully saturated rings. The minimum atomic E-state index is -0.108. The molecule has 13 heavy (non-hydrogen) atoms. The van der Waals surface area contributed by atoms with Gasteiger partial charge in [0.1, 0.15) is 12.6 Å². The number of rotatable bonds is 3. The molecule has 1 aliphatic rings. The van der Waals surface area contributed by atoms with Crippen LogP contribution in [0.25, 0.3) is 0 Å². The van der Waals surface area contributed by atoms with Gasteiger partial charge in [-0.15, -0.1) is 0 Å². The predicted octanol–water partition coefficient (Wildman–Crippen LogP) is 1.49. The second kappa shape index (κ2) is 4.21. The van der Waals surface area contributed by atoms with Crippen LogP contribution in [0.5, 0.6) is 0 Å². The fraction of sp³-hybridized carbons (Fsp3) is 0.600. The zero-order valence-corrected chi connectivity index (χ0v) is 7.64. The van der Waals surface area contributed by atoms with Crippen LogP contribution in [0, 0.1) is 17.8 Å². The molecule has 0 aromatic heterocycles. The monoisotopic (exact) mass is 182 g/mol. The van der Waals surface area contributed by atoms with Gasteiger partial charge in [-0.3, -0.25) is 4.79 Å². The van der Waals surface area contributed by atoms with E-state index in [1.54, 1.807) is 0 Å². The minimum Gasteiger partial charge on any atom is -0.515 e. The van der Waals surface area contributed by atoms with E-state index >= 15 is 0 Å². The Labute approximate surface area is 77.4 Å². The Hall–Kier alpha value is -1.12. The van der Waals surface area contributed by atoms with E-state index in [1.165, 1.54) is 0 Å². The maximum atomic E-state index is 10.7. The van der Waals surface area contributed by atoms with Crippen LogP contribution >= 0.6 is 0 Å². The molecule has 1 aliphatic carbocycles. The Bertz CT molecular complexity index is 232. The van der Waals surface area contributed by atoms with Gasteiger partial charge in [-0.05, 0) is 24.7 Å². The van der Waals surface area contributed by atoms with Crippen molar-refractivity contribution in [3.8, 4) is 0 Å². The van der Waals surface area contributed by atoms with Crippen LogP contribution in [-0.4, -0.2) is 17.7 Å². The van der Waals surface area contributed by atoms with E-state index < -0.39 is 0 Å². The summed E-state index contributed by atoms with van der Waals surface area (Å²) >= 11 is 0. The summed E-state index contributed by atoms with van der Waals surface area (Å²) in [4.78, 5) is 21.3. The number of hydrogen-bond donors (Lipinski definition) is 1. The lowest BCUT2D eigenvalue weighted by Gasteiger charge is -2.15. The van der Waals surface area contributed by atoms with E-state index in [-0.39, 0.29) is 11.8 Å². The van der Waals surface area contributed by atoms with E-state index in [9.17, 15) is 9.59 Å². The Morgan fingerprint density at radius 2 is 2.08 bits per heavy atom. The molecule has 0 heterocycles. The van der Waals surface area contributed by atoms with Crippen LogP contribution in [0.1, 0.15) is 19.8 Å². The van der Waals surface area contributed by atoms with E-state index in [0.717, 1.165) is 25.4 Å². The molecule has 3 nitrogen and oxygen atoms in total. The lowest BCUT2D eigenvalue weighted by atomic mass is 9.87. The van der Waals surface area contributed by atoms with E-state index in [0.29, 0.717) is 17.8 Å². The quantitative estimate of drug-likeness (QED) is 0.408. The van der Waals surface area contributed by atoms with E-state index in [4.69, 9.17) is 5.11 Å². The molecule has 0 spiro atoms. The summed E-state index contributed by atoms with van der Waals surface area (Å²) < 4.78 is 0. The first-order chi connectivity index (χ1) is 6.24. The van der Waals surface area contributed by atoms with Crippen molar-refractivity contribution in [3.05, 3.63) is 11.8 Å². The van der Waals surface area contributed by atoms with Gasteiger partial charge in [0.25, 0.3) is 0 Å². The molecule has 0 saturated heterocycles. The van der Waals surface area contributed by atoms with Gasteiger partial charge in [-0.2, -0.15) is 0 Å². The van der Waals surface area contributed by atoms with Crippen molar-refractivity contribution < 1.29 is 14.7 Å². The fourth-order valence-electron chi connectivity index (χ4n) is 2.06. The van der Waals surface area contributed by atoms with E-state index in [1.807, 2.05) is 6.92 Å². The molecule has 0 amide bonds. The molecule has 1 rings (SSSR count). The summed E-state index contributed by atoms with van der Waals surface area (Å²) in [6, 6.07) is 0. The maximum Gasteiger partial charge on any atom is 0.149 e. The van der Waals surface area contributed by atoms with Crippen LogP contribution in [0.4, 0.5) is 0 Å². The Kier molecular flexibility index (Phi) is 3.23. The highest BCUT2D eigenvalue weighted by Gasteiger charge is 2.35. The molecular formula is C10H14O3. The third-order valence-electron chi connectivity index (χ3n) is 2.93. The van der Waals surface area contributed by atoms with Crippen molar-refractivity contribution in [2.24, 2.45) is 17.8 Å². The van der Waals surface area contributed by atoms with Crippen molar-refractivity contribution in [2.45, 2.75) is 19.8 Å². The summed E-state index contributed by atoms with van der Waals surface area (Å²) in [6.45, 7) is 2.00. The lowest BCUT2D eigenvalue weighted by Crippen LogP contribution is -2.17.